The van der Waals surface area contributed by atoms with E-state index in [1.807, 2.05) is 13.8 Å². The number of carbonyl (C=O) groups is 2. The van der Waals surface area contributed by atoms with E-state index >= 15 is 0 Å². The number of aliphatic hydroxyl groups is 2. The minimum Gasteiger partial charge on any atom is -0.462 e. The zero-order valence-corrected chi connectivity index (χ0v) is 17.5. The molecular formula is C21H36O7. The van der Waals surface area contributed by atoms with Crippen molar-refractivity contribution in [3.05, 3.63) is 0 Å². The summed E-state index contributed by atoms with van der Waals surface area (Å²) in [7, 11) is 0. The van der Waals surface area contributed by atoms with E-state index in [1.165, 1.54) is 0 Å². The van der Waals surface area contributed by atoms with Crippen LogP contribution in [0.3, 0.4) is 0 Å². The molecule has 2 saturated heterocycles. The average molecular weight is 401 g/mol. The van der Waals surface area contributed by atoms with E-state index in [1.54, 1.807) is 13.8 Å². The number of hydrogen-bond donors (Lipinski definition) is 2. The summed E-state index contributed by atoms with van der Waals surface area (Å²) in [5.74, 6) is -1.84. The lowest BCUT2D eigenvalue weighted by Crippen LogP contribution is -2.33. The quantitative estimate of drug-likeness (QED) is 0.701. The van der Waals surface area contributed by atoms with Crippen LogP contribution in [-0.2, 0) is 23.8 Å². The van der Waals surface area contributed by atoms with E-state index in [4.69, 9.17) is 14.2 Å². The zero-order chi connectivity index (χ0) is 20.8. The number of cyclic esters (lactones) is 2. The van der Waals surface area contributed by atoms with Crippen LogP contribution in [0.2, 0.25) is 0 Å². The second-order valence-corrected chi connectivity index (χ2v) is 8.44. The Balaban J connectivity index is 2.15. The van der Waals surface area contributed by atoms with Gasteiger partial charge in [-0.3, -0.25) is 9.59 Å². The van der Waals surface area contributed by atoms with Crippen molar-refractivity contribution >= 4 is 11.9 Å². The summed E-state index contributed by atoms with van der Waals surface area (Å²) in [6.45, 7) is 7.14. The van der Waals surface area contributed by atoms with Crippen molar-refractivity contribution in [1.29, 1.82) is 0 Å². The SMILES string of the molecule is CC[C@@H](O)C[C@H]1CC[C@@H](O)[C@@H](C)C(=O)O[C@@H](C)C[C@@H]2CC[C@@H](O2)[C@@H](C)C(=O)O1. The molecule has 0 aliphatic carbocycles. The van der Waals surface area contributed by atoms with Gasteiger partial charge in [-0.25, -0.2) is 0 Å². The Morgan fingerprint density at radius 2 is 1.68 bits per heavy atom. The molecule has 0 radical (unpaired) electrons. The largest absolute Gasteiger partial charge is 0.462 e. The van der Waals surface area contributed by atoms with Gasteiger partial charge in [0.2, 0.25) is 0 Å². The first-order chi connectivity index (χ1) is 13.2. The van der Waals surface area contributed by atoms with E-state index in [0.717, 1.165) is 12.8 Å². The van der Waals surface area contributed by atoms with Crippen LogP contribution in [0.4, 0.5) is 0 Å². The lowest BCUT2D eigenvalue weighted by molar-refractivity contribution is -0.160. The zero-order valence-electron chi connectivity index (χ0n) is 17.5. The predicted octanol–water partition coefficient (Wildman–Crippen LogP) is 2.36. The lowest BCUT2D eigenvalue weighted by Gasteiger charge is -2.25. The summed E-state index contributed by atoms with van der Waals surface area (Å²) in [6, 6.07) is 0. The van der Waals surface area contributed by atoms with Crippen molar-refractivity contribution < 1.29 is 34.0 Å². The topological polar surface area (TPSA) is 102 Å². The maximum Gasteiger partial charge on any atom is 0.311 e. The number of fused-ring (bicyclic) bond motifs is 2. The molecule has 0 unspecified atom stereocenters. The van der Waals surface area contributed by atoms with E-state index in [-0.39, 0.29) is 30.7 Å². The van der Waals surface area contributed by atoms with Gasteiger partial charge in [-0.2, -0.15) is 0 Å². The molecular weight excluding hydrogens is 364 g/mol. The van der Waals surface area contributed by atoms with Crippen LogP contribution in [0, 0.1) is 11.8 Å². The number of rotatable bonds is 3. The molecule has 0 aromatic heterocycles. The number of aliphatic hydroxyl groups excluding tert-OH is 2. The summed E-state index contributed by atoms with van der Waals surface area (Å²) in [4.78, 5) is 25.0. The molecule has 0 saturated carbocycles. The molecule has 0 aromatic rings. The number of hydrogen-bond acceptors (Lipinski definition) is 7. The highest BCUT2D eigenvalue weighted by Crippen LogP contribution is 2.30. The van der Waals surface area contributed by atoms with Gasteiger partial charge in [0.1, 0.15) is 12.2 Å². The smallest absolute Gasteiger partial charge is 0.311 e. The molecule has 0 aromatic carbocycles. The number of carbonyl (C=O) groups excluding carboxylic acids is 2. The average Bonchev–Trinajstić information content (AvgIpc) is 3.11. The van der Waals surface area contributed by atoms with Crippen LogP contribution in [0.25, 0.3) is 0 Å². The van der Waals surface area contributed by atoms with Crippen molar-refractivity contribution in [2.45, 2.75) is 109 Å². The Hall–Kier alpha value is -1.18. The van der Waals surface area contributed by atoms with Crippen molar-refractivity contribution in [2.75, 3.05) is 0 Å². The third-order valence-corrected chi connectivity index (χ3v) is 6.00. The molecule has 0 spiro atoms. The summed E-state index contributed by atoms with van der Waals surface area (Å²) in [6.07, 6.45) is 1.09. The second kappa shape index (κ2) is 10.6. The highest BCUT2D eigenvalue weighted by Gasteiger charge is 2.37. The van der Waals surface area contributed by atoms with E-state index in [9.17, 15) is 19.8 Å². The van der Waals surface area contributed by atoms with E-state index < -0.39 is 36.1 Å². The van der Waals surface area contributed by atoms with E-state index in [2.05, 4.69) is 0 Å². The Morgan fingerprint density at radius 3 is 2.36 bits per heavy atom. The van der Waals surface area contributed by atoms with Crippen LogP contribution < -0.4 is 0 Å². The minimum absolute atomic E-state index is 0.0638. The van der Waals surface area contributed by atoms with Gasteiger partial charge in [0.15, 0.2) is 0 Å². The molecule has 7 nitrogen and oxygen atoms in total. The highest BCUT2D eigenvalue weighted by atomic mass is 16.6. The monoisotopic (exact) mass is 400 g/mol. The molecule has 0 amide bonds. The van der Waals surface area contributed by atoms with E-state index in [0.29, 0.717) is 25.7 Å². The standard InChI is InChI=1S/C21H36O7/c1-5-15(22)11-17-6-8-18(23)13(3)20(24)26-12(2)10-16-7-9-19(27-16)14(4)21(25)28-17/h12-19,22-23H,5-11H2,1-4H3/t12-,13+,14+,15+,16-,17+,18+,19+/m0/s1. The molecule has 7 heteroatoms. The van der Waals surface area contributed by atoms with Gasteiger partial charge in [-0.15, -0.1) is 0 Å². The normalized spacial score (nSPS) is 39.4. The molecule has 8 atom stereocenters. The molecule has 2 N–H and O–H groups in total. The minimum atomic E-state index is -0.894. The van der Waals surface area contributed by atoms with Gasteiger partial charge in [0, 0.05) is 12.8 Å². The van der Waals surface area contributed by atoms with Crippen molar-refractivity contribution in [1.82, 2.24) is 0 Å². The molecule has 2 bridgehead atoms. The number of ether oxygens (including phenoxy) is 3. The first kappa shape index (κ1) is 23.1. The third-order valence-electron chi connectivity index (χ3n) is 6.00. The Morgan fingerprint density at radius 1 is 1.00 bits per heavy atom. The van der Waals surface area contributed by atoms with Crippen LogP contribution in [-0.4, -0.2) is 58.8 Å². The first-order valence-electron chi connectivity index (χ1n) is 10.6. The maximum atomic E-state index is 12.7. The highest BCUT2D eigenvalue weighted by molar-refractivity contribution is 5.73. The van der Waals surface area contributed by atoms with Gasteiger partial charge < -0.3 is 24.4 Å². The molecule has 2 heterocycles. The van der Waals surface area contributed by atoms with Gasteiger partial charge in [-0.05, 0) is 52.9 Å². The Labute approximate surface area is 167 Å². The fourth-order valence-corrected chi connectivity index (χ4v) is 3.88. The van der Waals surface area contributed by atoms with Crippen molar-refractivity contribution in [3.8, 4) is 0 Å². The van der Waals surface area contributed by atoms with Crippen LogP contribution >= 0.6 is 0 Å². The lowest BCUT2D eigenvalue weighted by atomic mass is 9.96. The van der Waals surface area contributed by atoms with Gasteiger partial charge >= 0.3 is 11.9 Å². The molecule has 2 fully saturated rings. The summed E-state index contributed by atoms with van der Waals surface area (Å²) < 4.78 is 17.2. The fraction of sp³-hybridized carbons (Fsp3) is 0.905. The van der Waals surface area contributed by atoms with Crippen molar-refractivity contribution in [3.63, 3.8) is 0 Å². The maximum absolute atomic E-state index is 12.7. The molecule has 2 aliphatic heterocycles. The summed E-state index contributed by atoms with van der Waals surface area (Å²) in [5.41, 5.74) is 0. The van der Waals surface area contributed by atoms with Crippen molar-refractivity contribution in [2.24, 2.45) is 11.8 Å². The Kier molecular flexibility index (Phi) is 8.71. The number of esters is 2. The first-order valence-corrected chi connectivity index (χ1v) is 10.6. The summed E-state index contributed by atoms with van der Waals surface area (Å²) in [5, 5.41) is 20.4. The van der Waals surface area contributed by atoms with Gasteiger partial charge in [0.05, 0.1) is 36.3 Å². The molecule has 162 valence electrons. The Bertz CT molecular complexity index is 523. The van der Waals surface area contributed by atoms with Crippen LogP contribution in [0.15, 0.2) is 0 Å². The molecule has 2 aliphatic rings. The van der Waals surface area contributed by atoms with Gasteiger partial charge in [0.25, 0.3) is 0 Å². The third kappa shape index (κ3) is 6.42. The van der Waals surface area contributed by atoms with Gasteiger partial charge in [-0.1, -0.05) is 6.92 Å². The predicted molar refractivity (Wildman–Crippen MR) is 102 cm³/mol. The van der Waals surface area contributed by atoms with Crippen LogP contribution in [0.5, 0.6) is 0 Å². The molecule has 2 rings (SSSR count). The fourth-order valence-electron chi connectivity index (χ4n) is 3.88. The summed E-state index contributed by atoms with van der Waals surface area (Å²) >= 11 is 0. The second-order valence-electron chi connectivity index (χ2n) is 8.44. The molecule has 28 heavy (non-hydrogen) atoms. The van der Waals surface area contributed by atoms with Crippen LogP contribution in [0.1, 0.15) is 72.6 Å².